The van der Waals surface area contributed by atoms with Crippen LogP contribution in [0.15, 0.2) is 59.1 Å². The van der Waals surface area contributed by atoms with Crippen LogP contribution in [-0.2, 0) is 7.05 Å². The van der Waals surface area contributed by atoms with Gasteiger partial charge in [-0.1, -0.05) is 42.5 Å². The minimum absolute atomic E-state index is 0.229. The predicted molar refractivity (Wildman–Crippen MR) is 95.5 cm³/mol. The van der Waals surface area contributed by atoms with Gasteiger partial charge >= 0.3 is 0 Å². The zero-order valence-electron chi connectivity index (χ0n) is 12.9. The fourth-order valence-electron chi connectivity index (χ4n) is 2.29. The summed E-state index contributed by atoms with van der Waals surface area (Å²) < 4.78 is 2.40. The van der Waals surface area contributed by atoms with Gasteiger partial charge in [-0.25, -0.2) is 0 Å². The van der Waals surface area contributed by atoms with E-state index in [4.69, 9.17) is 0 Å². The van der Waals surface area contributed by atoms with Crippen LogP contribution < -0.4 is 5.32 Å². The van der Waals surface area contributed by atoms with E-state index in [2.05, 4.69) is 38.5 Å². The van der Waals surface area contributed by atoms with E-state index in [1.165, 1.54) is 0 Å². The lowest BCUT2D eigenvalue weighted by Crippen LogP contribution is -2.13. The van der Waals surface area contributed by atoms with Crippen LogP contribution in [0.4, 0.5) is 5.69 Å². The van der Waals surface area contributed by atoms with Crippen molar-refractivity contribution in [2.75, 3.05) is 5.32 Å². The van der Waals surface area contributed by atoms with Crippen molar-refractivity contribution < 1.29 is 4.79 Å². The monoisotopic (exact) mass is 369 g/mol. The molecule has 1 aromatic heterocycles. The largest absolute Gasteiger partial charge is 0.321 e. The minimum atomic E-state index is -0.229. The number of carbonyl (C=O) groups excluding carboxylic acids is 1. The van der Waals surface area contributed by atoms with Gasteiger partial charge in [0.1, 0.15) is 0 Å². The van der Waals surface area contributed by atoms with Crippen molar-refractivity contribution in [1.82, 2.24) is 9.78 Å². The molecule has 0 unspecified atom stereocenters. The van der Waals surface area contributed by atoms with Crippen molar-refractivity contribution in [1.29, 1.82) is 0 Å². The number of hydrogen-bond donors (Lipinski definition) is 1. The van der Waals surface area contributed by atoms with Crippen LogP contribution in [0, 0.1) is 6.92 Å². The maximum Gasteiger partial charge on any atom is 0.277 e. The predicted octanol–water partition coefficient (Wildman–Crippen LogP) is 4.41. The third-order valence-corrected chi connectivity index (χ3v) is 4.68. The molecule has 1 amide bonds. The molecule has 0 spiro atoms. The van der Waals surface area contributed by atoms with Crippen LogP contribution >= 0.6 is 15.9 Å². The highest BCUT2D eigenvalue weighted by molar-refractivity contribution is 9.10. The van der Waals surface area contributed by atoms with Crippen molar-refractivity contribution in [2.24, 2.45) is 7.05 Å². The average Bonchev–Trinajstić information content (AvgIpc) is 2.84. The van der Waals surface area contributed by atoms with E-state index in [-0.39, 0.29) is 5.91 Å². The van der Waals surface area contributed by atoms with Crippen LogP contribution in [0.2, 0.25) is 0 Å². The SMILES string of the molecule is Cc1c(Br)c(C(=O)Nc2ccc(-c3ccccc3)cc2)nn1C. The molecule has 1 N–H and O–H groups in total. The Morgan fingerprint density at radius 2 is 1.65 bits per heavy atom. The number of halogens is 1. The maximum atomic E-state index is 12.3. The number of nitrogens with zero attached hydrogens (tertiary/aromatic N) is 2. The quantitative estimate of drug-likeness (QED) is 0.742. The zero-order valence-corrected chi connectivity index (χ0v) is 14.5. The van der Waals surface area contributed by atoms with Crippen LogP contribution in [0.1, 0.15) is 16.2 Å². The van der Waals surface area contributed by atoms with Gasteiger partial charge in [0.05, 0.1) is 10.2 Å². The molecular weight excluding hydrogens is 354 g/mol. The zero-order chi connectivity index (χ0) is 16.4. The molecule has 5 heteroatoms. The fraction of sp³-hybridized carbons (Fsp3) is 0.111. The number of hydrogen-bond acceptors (Lipinski definition) is 2. The molecule has 1 heterocycles. The van der Waals surface area contributed by atoms with Crippen molar-refractivity contribution in [3.05, 3.63) is 70.5 Å². The summed E-state index contributed by atoms with van der Waals surface area (Å²) in [7, 11) is 1.81. The smallest absolute Gasteiger partial charge is 0.277 e. The number of benzene rings is 2. The second kappa shape index (κ2) is 6.38. The lowest BCUT2D eigenvalue weighted by molar-refractivity contribution is 0.102. The fourth-order valence-corrected chi connectivity index (χ4v) is 2.81. The molecule has 0 radical (unpaired) electrons. The summed E-state index contributed by atoms with van der Waals surface area (Å²) in [6.45, 7) is 1.91. The number of anilines is 1. The van der Waals surface area contributed by atoms with Gasteiger partial charge in [0.25, 0.3) is 5.91 Å². The first-order chi connectivity index (χ1) is 11.1. The molecule has 0 saturated carbocycles. The molecule has 0 fully saturated rings. The van der Waals surface area contributed by atoms with Gasteiger partial charge in [-0.15, -0.1) is 0 Å². The van der Waals surface area contributed by atoms with Crippen molar-refractivity contribution in [3.8, 4) is 11.1 Å². The van der Waals surface area contributed by atoms with Gasteiger partial charge in [0, 0.05) is 12.7 Å². The highest BCUT2D eigenvalue weighted by Crippen LogP contribution is 2.23. The topological polar surface area (TPSA) is 46.9 Å². The van der Waals surface area contributed by atoms with Gasteiger partial charge in [-0.3, -0.25) is 9.48 Å². The summed E-state index contributed by atoms with van der Waals surface area (Å²) in [6, 6.07) is 17.9. The van der Waals surface area contributed by atoms with Crippen molar-refractivity contribution >= 4 is 27.5 Å². The molecule has 0 atom stereocenters. The van der Waals surface area contributed by atoms with E-state index in [0.29, 0.717) is 5.69 Å². The average molecular weight is 370 g/mol. The Balaban J connectivity index is 1.78. The highest BCUT2D eigenvalue weighted by Gasteiger charge is 2.17. The van der Waals surface area contributed by atoms with Gasteiger partial charge < -0.3 is 5.32 Å². The van der Waals surface area contributed by atoms with Crippen molar-refractivity contribution in [2.45, 2.75) is 6.92 Å². The molecule has 23 heavy (non-hydrogen) atoms. The molecule has 0 aliphatic heterocycles. The molecule has 0 aliphatic rings. The molecule has 3 aromatic rings. The Hall–Kier alpha value is -2.40. The summed E-state index contributed by atoms with van der Waals surface area (Å²) in [5.41, 5.74) is 4.29. The lowest BCUT2D eigenvalue weighted by atomic mass is 10.1. The number of nitrogens with one attached hydrogen (secondary N) is 1. The van der Waals surface area contributed by atoms with Gasteiger partial charge in [-0.2, -0.15) is 5.10 Å². The second-order valence-electron chi connectivity index (χ2n) is 5.27. The number of aryl methyl sites for hydroxylation is 1. The van der Waals surface area contributed by atoms with Crippen LogP contribution in [0.3, 0.4) is 0 Å². The molecule has 0 aliphatic carbocycles. The Morgan fingerprint density at radius 1 is 1.04 bits per heavy atom. The van der Waals surface area contributed by atoms with E-state index in [1.54, 1.807) is 4.68 Å². The van der Waals surface area contributed by atoms with E-state index in [1.807, 2.05) is 56.4 Å². The highest BCUT2D eigenvalue weighted by atomic mass is 79.9. The molecule has 2 aromatic carbocycles. The van der Waals surface area contributed by atoms with Crippen LogP contribution in [0.5, 0.6) is 0 Å². The Kier molecular flexibility index (Phi) is 4.30. The normalized spacial score (nSPS) is 10.6. The van der Waals surface area contributed by atoms with Crippen molar-refractivity contribution in [3.63, 3.8) is 0 Å². The summed E-state index contributed by atoms with van der Waals surface area (Å²) in [5, 5.41) is 7.10. The second-order valence-corrected chi connectivity index (χ2v) is 6.06. The van der Waals surface area contributed by atoms with E-state index >= 15 is 0 Å². The first-order valence-electron chi connectivity index (χ1n) is 7.22. The minimum Gasteiger partial charge on any atom is -0.321 e. The standard InChI is InChI=1S/C18H16BrN3O/c1-12-16(19)17(21-22(12)2)18(23)20-15-10-8-14(9-11-15)13-6-4-3-5-7-13/h3-11H,1-2H3,(H,20,23). The molecule has 0 bridgehead atoms. The Labute approximate surface area is 143 Å². The Morgan fingerprint density at radius 3 is 2.22 bits per heavy atom. The number of amides is 1. The van der Waals surface area contributed by atoms with Gasteiger partial charge in [-0.05, 0) is 46.1 Å². The number of carbonyl (C=O) groups is 1. The van der Waals surface area contributed by atoms with Crippen LogP contribution in [0.25, 0.3) is 11.1 Å². The van der Waals surface area contributed by atoms with E-state index < -0.39 is 0 Å². The maximum absolute atomic E-state index is 12.3. The molecule has 4 nitrogen and oxygen atoms in total. The molecule has 116 valence electrons. The number of aromatic nitrogens is 2. The van der Waals surface area contributed by atoms with E-state index in [0.717, 1.165) is 27.0 Å². The van der Waals surface area contributed by atoms with Gasteiger partial charge in [0.15, 0.2) is 5.69 Å². The molecule has 3 rings (SSSR count). The molecule has 0 saturated heterocycles. The summed E-state index contributed by atoms with van der Waals surface area (Å²) in [6.07, 6.45) is 0. The van der Waals surface area contributed by atoms with E-state index in [9.17, 15) is 4.79 Å². The third-order valence-electron chi connectivity index (χ3n) is 3.73. The van der Waals surface area contributed by atoms with Crippen LogP contribution in [-0.4, -0.2) is 15.7 Å². The first-order valence-corrected chi connectivity index (χ1v) is 8.01. The summed E-state index contributed by atoms with van der Waals surface area (Å²) >= 11 is 3.41. The lowest BCUT2D eigenvalue weighted by Gasteiger charge is -2.06. The molecular formula is C18H16BrN3O. The third kappa shape index (κ3) is 3.19. The summed E-state index contributed by atoms with van der Waals surface area (Å²) in [5.74, 6) is -0.229. The summed E-state index contributed by atoms with van der Waals surface area (Å²) in [4.78, 5) is 12.3. The first kappa shape index (κ1) is 15.5. The van der Waals surface area contributed by atoms with Gasteiger partial charge in [0.2, 0.25) is 0 Å². The number of rotatable bonds is 3. The Bertz CT molecular complexity index is 839.